The Hall–Kier alpha value is -2.17. The Morgan fingerprint density at radius 2 is 1.93 bits per heavy atom. The van der Waals surface area contributed by atoms with Crippen molar-refractivity contribution in [3.05, 3.63) is 34.2 Å². The molecule has 162 valence electrons. The fourth-order valence-corrected chi connectivity index (χ4v) is 5.69. The maximum Gasteiger partial charge on any atom is 0.292 e. The number of fused-ring (bicyclic) bond motifs is 2. The number of azide groups is 1. The van der Waals surface area contributed by atoms with Crippen molar-refractivity contribution >= 4 is 21.6 Å². The molecule has 2 fully saturated rings. The minimum absolute atomic E-state index is 0.136. The largest absolute Gasteiger partial charge is 0.338 e. The molecule has 4 rings (SSSR count). The standard InChI is InChI=1S/C19H25N5O5S/c1-14(21-22-20)7-10-24-17-6-5-15(30(26,27)23-8-2-3-9-23)13-16(17)19(18(24)25)28-11-4-12-29-19/h5-6,13-14H,2-4,7-12H2,1H3. The van der Waals surface area contributed by atoms with E-state index in [9.17, 15) is 13.2 Å². The van der Waals surface area contributed by atoms with Crippen LogP contribution in [0.3, 0.4) is 0 Å². The number of anilines is 1. The highest BCUT2D eigenvalue weighted by atomic mass is 32.2. The molecule has 0 radical (unpaired) electrons. The zero-order valence-corrected chi connectivity index (χ0v) is 17.7. The molecule has 0 N–H and O–H groups in total. The van der Waals surface area contributed by atoms with Gasteiger partial charge in [-0.05, 0) is 49.4 Å². The van der Waals surface area contributed by atoms with E-state index < -0.39 is 15.8 Å². The first-order chi connectivity index (χ1) is 14.4. The molecule has 1 unspecified atom stereocenters. The molecule has 2 saturated heterocycles. The summed E-state index contributed by atoms with van der Waals surface area (Å²) in [6.45, 7) is 3.77. The SMILES string of the molecule is CC(CCN1C(=O)C2(OCCCO2)c2cc(S(=O)(=O)N3CCCC3)ccc21)N=[N+]=[N-]. The summed E-state index contributed by atoms with van der Waals surface area (Å²) in [5.74, 6) is -1.99. The highest BCUT2D eigenvalue weighted by Gasteiger charge is 2.55. The minimum Gasteiger partial charge on any atom is -0.338 e. The summed E-state index contributed by atoms with van der Waals surface area (Å²) in [6, 6.07) is 4.41. The van der Waals surface area contributed by atoms with Gasteiger partial charge in [0.05, 0.1) is 23.8 Å². The number of carbonyl (C=O) groups excluding carboxylic acids is 1. The van der Waals surface area contributed by atoms with Crippen molar-refractivity contribution in [2.24, 2.45) is 5.11 Å². The normalized spacial score (nSPS) is 22.2. The Kier molecular flexibility index (Phi) is 5.73. The molecule has 0 saturated carbocycles. The van der Waals surface area contributed by atoms with E-state index >= 15 is 0 Å². The Balaban J connectivity index is 1.72. The van der Waals surface area contributed by atoms with Crippen LogP contribution in [-0.4, -0.2) is 57.5 Å². The predicted molar refractivity (Wildman–Crippen MR) is 108 cm³/mol. The number of nitrogens with zero attached hydrogens (tertiary/aromatic N) is 5. The number of benzene rings is 1. The number of carbonyl (C=O) groups is 1. The van der Waals surface area contributed by atoms with Gasteiger partial charge in [-0.25, -0.2) is 8.42 Å². The van der Waals surface area contributed by atoms with Crippen molar-refractivity contribution in [1.82, 2.24) is 4.31 Å². The van der Waals surface area contributed by atoms with Gasteiger partial charge in [-0.1, -0.05) is 12.0 Å². The maximum absolute atomic E-state index is 13.3. The van der Waals surface area contributed by atoms with Crippen LogP contribution in [-0.2, 0) is 30.1 Å². The van der Waals surface area contributed by atoms with Crippen molar-refractivity contribution in [2.45, 2.75) is 49.3 Å². The van der Waals surface area contributed by atoms with E-state index in [1.807, 2.05) is 0 Å². The predicted octanol–water partition coefficient (Wildman–Crippen LogP) is 2.50. The van der Waals surface area contributed by atoms with E-state index in [2.05, 4.69) is 10.0 Å². The van der Waals surface area contributed by atoms with Gasteiger partial charge < -0.3 is 14.4 Å². The first-order valence-corrected chi connectivity index (χ1v) is 11.6. The van der Waals surface area contributed by atoms with Crippen LogP contribution >= 0.6 is 0 Å². The monoisotopic (exact) mass is 435 g/mol. The van der Waals surface area contributed by atoms with E-state index in [0.717, 1.165) is 12.8 Å². The number of rotatable bonds is 6. The number of hydrogen-bond acceptors (Lipinski definition) is 6. The molecule has 1 aromatic rings. The van der Waals surface area contributed by atoms with Gasteiger partial charge in [-0.2, -0.15) is 4.31 Å². The van der Waals surface area contributed by atoms with Crippen LogP contribution in [0.1, 0.15) is 38.2 Å². The third-order valence-electron chi connectivity index (χ3n) is 5.76. The summed E-state index contributed by atoms with van der Waals surface area (Å²) >= 11 is 0. The van der Waals surface area contributed by atoms with Gasteiger partial charge in [0.15, 0.2) is 0 Å². The molecule has 0 aliphatic carbocycles. The summed E-state index contributed by atoms with van der Waals surface area (Å²) in [4.78, 5) is 17.8. The third kappa shape index (κ3) is 3.46. The highest BCUT2D eigenvalue weighted by Crippen LogP contribution is 2.46. The van der Waals surface area contributed by atoms with Gasteiger partial charge in [-0.3, -0.25) is 4.79 Å². The maximum atomic E-state index is 13.3. The lowest BCUT2D eigenvalue weighted by Crippen LogP contribution is -2.47. The fraction of sp³-hybridized carbons (Fsp3) is 0.632. The topological polar surface area (TPSA) is 125 Å². The first kappa shape index (κ1) is 21.1. The molecule has 1 amide bonds. The van der Waals surface area contributed by atoms with Crippen LogP contribution < -0.4 is 4.90 Å². The number of ether oxygens (including phenoxy) is 2. The average Bonchev–Trinajstić information content (AvgIpc) is 3.36. The minimum atomic E-state index is -3.65. The lowest BCUT2D eigenvalue weighted by atomic mass is 10.1. The van der Waals surface area contributed by atoms with Gasteiger partial charge in [-0.15, -0.1) is 0 Å². The van der Waals surface area contributed by atoms with Crippen molar-refractivity contribution in [1.29, 1.82) is 0 Å². The van der Waals surface area contributed by atoms with Crippen LogP contribution in [0.15, 0.2) is 28.2 Å². The van der Waals surface area contributed by atoms with Gasteiger partial charge in [0, 0.05) is 36.2 Å². The van der Waals surface area contributed by atoms with Crippen LogP contribution in [0.25, 0.3) is 10.4 Å². The molecule has 0 aromatic heterocycles. The van der Waals surface area contributed by atoms with Gasteiger partial charge in [0.1, 0.15) is 0 Å². The number of hydrogen-bond donors (Lipinski definition) is 0. The highest BCUT2D eigenvalue weighted by molar-refractivity contribution is 7.89. The Bertz CT molecular complexity index is 979. The third-order valence-corrected chi connectivity index (χ3v) is 7.66. The van der Waals surface area contributed by atoms with Gasteiger partial charge in [0.2, 0.25) is 10.0 Å². The molecule has 0 bridgehead atoms. The molecule has 3 aliphatic rings. The number of sulfonamides is 1. The quantitative estimate of drug-likeness (QED) is 0.386. The summed E-state index contributed by atoms with van der Waals surface area (Å²) in [6.07, 6.45) is 2.80. The van der Waals surface area contributed by atoms with Crippen molar-refractivity contribution < 1.29 is 22.7 Å². The van der Waals surface area contributed by atoms with Crippen LogP contribution in [0, 0.1) is 0 Å². The molecule has 3 heterocycles. The molecule has 1 atom stereocenters. The van der Waals surface area contributed by atoms with Gasteiger partial charge >= 0.3 is 0 Å². The van der Waals surface area contributed by atoms with Crippen molar-refractivity contribution in [3.63, 3.8) is 0 Å². The molecule has 3 aliphatic heterocycles. The fourth-order valence-electron chi connectivity index (χ4n) is 4.15. The zero-order chi connectivity index (χ0) is 21.4. The van der Waals surface area contributed by atoms with E-state index in [0.29, 0.717) is 56.9 Å². The Labute approximate surface area is 175 Å². The summed E-state index contributed by atoms with van der Waals surface area (Å²) < 4.78 is 39.3. The van der Waals surface area contributed by atoms with E-state index in [1.54, 1.807) is 13.0 Å². The van der Waals surface area contributed by atoms with E-state index in [1.165, 1.54) is 21.3 Å². The van der Waals surface area contributed by atoms with E-state index in [4.69, 9.17) is 15.0 Å². The van der Waals surface area contributed by atoms with Crippen LogP contribution in [0.2, 0.25) is 0 Å². The second-order valence-electron chi connectivity index (χ2n) is 7.76. The molecule has 30 heavy (non-hydrogen) atoms. The average molecular weight is 436 g/mol. The number of amides is 1. The van der Waals surface area contributed by atoms with Crippen LogP contribution in [0.5, 0.6) is 0 Å². The zero-order valence-electron chi connectivity index (χ0n) is 16.9. The van der Waals surface area contributed by atoms with Crippen molar-refractivity contribution in [2.75, 3.05) is 37.7 Å². The van der Waals surface area contributed by atoms with Gasteiger partial charge in [0.25, 0.3) is 11.7 Å². The van der Waals surface area contributed by atoms with E-state index in [-0.39, 0.29) is 16.8 Å². The molecule has 11 heteroatoms. The molecular weight excluding hydrogens is 410 g/mol. The van der Waals surface area contributed by atoms with Crippen molar-refractivity contribution in [3.8, 4) is 0 Å². The second kappa shape index (κ2) is 8.16. The lowest BCUT2D eigenvalue weighted by Gasteiger charge is -2.32. The summed E-state index contributed by atoms with van der Waals surface area (Å²) in [5.41, 5.74) is 9.60. The Morgan fingerprint density at radius 3 is 2.60 bits per heavy atom. The molecule has 1 aromatic carbocycles. The first-order valence-electron chi connectivity index (χ1n) is 10.2. The summed E-state index contributed by atoms with van der Waals surface area (Å²) in [5, 5.41) is 3.66. The Morgan fingerprint density at radius 1 is 1.23 bits per heavy atom. The molecule has 1 spiro atoms. The molecular formula is C19H25N5O5S. The van der Waals surface area contributed by atoms with Crippen LogP contribution in [0.4, 0.5) is 5.69 Å². The summed E-state index contributed by atoms with van der Waals surface area (Å²) in [7, 11) is -3.65. The second-order valence-corrected chi connectivity index (χ2v) is 9.69. The lowest BCUT2D eigenvalue weighted by molar-refractivity contribution is -0.256. The smallest absolute Gasteiger partial charge is 0.292 e. The molecule has 10 nitrogen and oxygen atoms in total.